The Balaban J connectivity index is 0.957. The van der Waals surface area contributed by atoms with Gasteiger partial charge in [-0.05, 0) is 93.2 Å². The molecule has 0 amide bonds. The molecule has 0 saturated heterocycles. The number of anilines is 6. The van der Waals surface area contributed by atoms with Crippen molar-refractivity contribution in [1.82, 2.24) is 0 Å². The summed E-state index contributed by atoms with van der Waals surface area (Å²) in [5.41, 5.74) is 21.6. The maximum absolute atomic E-state index is 7.25. The van der Waals surface area contributed by atoms with Gasteiger partial charge in [0.15, 0.2) is 5.58 Å². The number of fused-ring (bicyclic) bond motifs is 14. The molecule has 2 aromatic heterocycles. The van der Waals surface area contributed by atoms with Crippen molar-refractivity contribution < 1.29 is 8.83 Å². The third kappa shape index (κ3) is 4.37. The van der Waals surface area contributed by atoms with Crippen LogP contribution in [-0.2, 0) is 5.41 Å². The molecule has 0 N–H and O–H groups in total. The van der Waals surface area contributed by atoms with Crippen LogP contribution in [-0.4, -0.2) is 6.71 Å². The van der Waals surface area contributed by atoms with Gasteiger partial charge in [0.1, 0.15) is 16.7 Å². The molecule has 0 saturated carbocycles. The molecular weight excluding hydrogens is 755 g/mol. The number of hydrogen-bond donors (Lipinski definition) is 0. The molecule has 2 aliphatic heterocycles. The van der Waals surface area contributed by atoms with E-state index < -0.39 is 0 Å². The van der Waals surface area contributed by atoms with Gasteiger partial charge in [0.2, 0.25) is 0 Å². The average molecular weight is 793 g/mol. The highest BCUT2D eigenvalue weighted by Crippen LogP contribution is 2.54. The van der Waals surface area contributed by atoms with E-state index in [0.717, 1.165) is 72.1 Å². The van der Waals surface area contributed by atoms with Crippen molar-refractivity contribution >= 4 is 101 Å². The molecule has 0 unspecified atom stereocenters. The van der Waals surface area contributed by atoms with Gasteiger partial charge in [0.25, 0.3) is 6.71 Å². The molecule has 290 valence electrons. The third-order valence-corrected chi connectivity index (χ3v) is 14.1. The number of benzene rings is 9. The van der Waals surface area contributed by atoms with E-state index >= 15 is 0 Å². The van der Waals surface area contributed by atoms with Gasteiger partial charge in [-0.1, -0.05) is 147 Å². The molecule has 62 heavy (non-hydrogen) atoms. The van der Waals surface area contributed by atoms with Gasteiger partial charge in [-0.3, -0.25) is 0 Å². The van der Waals surface area contributed by atoms with Crippen molar-refractivity contribution in [2.45, 2.75) is 19.3 Å². The monoisotopic (exact) mass is 792 g/mol. The molecule has 0 spiro atoms. The van der Waals surface area contributed by atoms with E-state index in [1.165, 1.54) is 55.7 Å². The van der Waals surface area contributed by atoms with Gasteiger partial charge in [0, 0.05) is 66.5 Å². The first kappa shape index (κ1) is 34.0. The minimum atomic E-state index is -0.196. The normalized spacial score (nSPS) is 14.3. The Labute approximate surface area is 359 Å². The summed E-state index contributed by atoms with van der Waals surface area (Å²) in [6.07, 6.45) is 0. The highest BCUT2D eigenvalue weighted by molar-refractivity contribution is 7.00. The predicted octanol–water partition coefficient (Wildman–Crippen LogP) is 13.5. The summed E-state index contributed by atoms with van der Waals surface area (Å²) in [4.78, 5) is 4.91. The minimum absolute atomic E-state index is 0.0449. The molecule has 0 atom stereocenters. The van der Waals surface area contributed by atoms with Crippen LogP contribution < -0.4 is 26.2 Å². The van der Waals surface area contributed by atoms with Gasteiger partial charge in [-0.25, -0.2) is 0 Å². The fraction of sp³-hybridized carbons (Fsp3) is 0.0526. The first-order valence-electron chi connectivity index (χ1n) is 21.5. The number of rotatable bonds is 3. The molecule has 14 rings (SSSR count). The fourth-order valence-electron chi connectivity index (χ4n) is 11.4. The lowest BCUT2D eigenvalue weighted by molar-refractivity contribution is 0.620. The number of para-hydroxylation sites is 5. The van der Waals surface area contributed by atoms with Crippen LogP contribution >= 0.6 is 0 Å². The maximum atomic E-state index is 7.25. The molecule has 0 fully saturated rings. The van der Waals surface area contributed by atoms with Crippen molar-refractivity contribution in [3.63, 3.8) is 0 Å². The minimum Gasteiger partial charge on any atom is -0.455 e. The molecule has 11 aromatic rings. The van der Waals surface area contributed by atoms with E-state index in [1.54, 1.807) is 0 Å². The largest absolute Gasteiger partial charge is 0.455 e. The van der Waals surface area contributed by atoms with Gasteiger partial charge < -0.3 is 18.6 Å². The topological polar surface area (TPSA) is 32.8 Å². The molecule has 5 heteroatoms. The lowest BCUT2D eigenvalue weighted by atomic mass is 9.33. The van der Waals surface area contributed by atoms with E-state index in [-0.39, 0.29) is 12.1 Å². The van der Waals surface area contributed by atoms with Crippen LogP contribution in [0, 0.1) is 0 Å². The number of furan rings is 2. The van der Waals surface area contributed by atoms with E-state index in [1.807, 2.05) is 12.1 Å². The zero-order valence-corrected chi connectivity index (χ0v) is 34.2. The molecule has 4 nitrogen and oxygen atoms in total. The lowest BCUT2D eigenvalue weighted by Gasteiger charge is -2.43. The van der Waals surface area contributed by atoms with Gasteiger partial charge >= 0.3 is 0 Å². The summed E-state index contributed by atoms with van der Waals surface area (Å²) in [5.74, 6) is 0. The summed E-state index contributed by atoms with van der Waals surface area (Å²) in [5, 5.41) is 4.55. The SMILES string of the molecule is CC1(C)c2ccccc2-c2ccc3c(oc4c(N5c6ccccc6B6c7ccccc7N(c7ccc(-c8cccc9c8oc8ccccc89)cc7)c7cccc5c76)cccc43)c21. The molecule has 0 bridgehead atoms. The Morgan fingerprint density at radius 2 is 0.984 bits per heavy atom. The first-order chi connectivity index (χ1) is 30.5. The third-order valence-electron chi connectivity index (χ3n) is 14.1. The average Bonchev–Trinajstić information content (AvgIpc) is 3.97. The van der Waals surface area contributed by atoms with Crippen molar-refractivity contribution in [3.8, 4) is 22.3 Å². The van der Waals surface area contributed by atoms with Gasteiger partial charge in [-0.2, -0.15) is 0 Å². The number of hydrogen-bond acceptors (Lipinski definition) is 4. The van der Waals surface area contributed by atoms with E-state index in [0.29, 0.717) is 0 Å². The highest BCUT2D eigenvalue weighted by Gasteiger charge is 2.44. The molecule has 3 aliphatic rings. The van der Waals surface area contributed by atoms with Gasteiger partial charge in [0.05, 0.1) is 5.69 Å². The molecule has 0 radical (unpaired) electrons. The second-order valence-electron chi connectivity index (χ2n) is 17.6. The Morgan fingerprint density at radius 1 is 0.403 bits per heavy atom. The van der Waals surface area contributed by atoms with E-state index in [4.69, 9.17) is 8.83 Å². The Bertz CT molecular complexity index is 3710. The summed E-state index contributed by atoms with van der Waals surface area (Å²) in [6.45, 7) is 4.71. The van der Waals surface area contributed by atoms with Crippen LogP contribution in [0.15, 0.2) is 197 Å². The van der Waals surface area contributed by atoms with Crippen molar-refractivity contribution in [1.29, 1.82) is 0 Å². The molecule has 1 aliphatic carbocycles. The second kappa shape index (κ2) is 12.2. The van der Waals surface area contributed by atoms with Crippen LogP contribution in [0.2, 0.25) is 0 Å². The Morgan fingerprint density at radius 3 is 1.81 bits per heavy atom. The zero-order chi connectivity index (χ0) is 40.8. The predicted molar refractivity (Wildman–Crippen MR) is 258 cm³/mol. The van der Waals surface area contributed by atoms with Crippen molar-refractivity contribution in [3.05, 3.63) is 199 Å². The lowest BCUT2D eigenvalue weighted by Crippen LogP contribution is -2.61. The van der Waals surface area contributed by atoms with Crippen LogP contribution in [0.4, 0.5) is 34.1 Å². The van der Waals surface area contributed by atoms with Crippen LogP contribution in [0.5, 0.6) is 0 Å². The Hall–Kier alpha value is -7.76. The zero-order valence-electron chi connectivity index (χ0n) is 34.2. The smallest absolute Gasteiger partial charge is 0.252 e. The standard InChI is InChI=1S/C57H37BN2O2/c1-57(2)43-19-5-3-14-37(43)39-32-33-42-41-18-12-26-50(55(41)62-56(42)52(39)57)60-47-23-9-7-21-45(47)58-44-20-6-8-22-46(44)59(48-24-13-25-49(60)53(48)58)35-30-28-34(29-31-35)36-16-11-17-40-38-15-4-10-27-51(38)61-54(36)40/h3-33H,1-2H3. The Kier molecular flexibility index (Phi) is 6.68. The second-order valence-corrected chi connectivity index (χ2v) is 17.6. The number of nitrogens with zero attached hydrogens (tertiary/aromatic N) is 2. The summed E-state index contributed by atoms with van der Waals surface area (Å²) in [6, 6.07) is 68.5. The quantitative estimate of drug-likeness (QED) is 0.167. The van der Waals surface area contributed by atoms with Crippen molar-refractivity contribution in [2.24, 2.45) is 0 Å². The van der Waals surface area contributed by atoms with Crippen LogP contribution in [0.25, 0.3) is 66.1 Å². The van der Waals surface area contributed by atoms with Crippen LogP contribution in [0.3, 0.4) is 0 Å². The van der Waals surface area contributed by atoms with Crippen molar-refractivity contribution in [2.75, 3.05) is 9.80 Å². The fourth-order valence-corrected chi connectivity index (χ4v) is 11.4. The van der Waals surface area contributed by atoms with Gasteiger partial charge in [-0.15, -0.1) is 0 Å². The molecule has 4 heterocycles. The molecular formula is C57H37BN2O2. The maximum Gasteiger partial charge on any atom is 0.252 e. The summed E-state index contributed by atoms with van der Waals surface area (Å²) < 4.78 is 13.7. The van der Waals surface area contributed by atoms with Crippen LogP contribution in [0.1, 0.15) is 25.0 Å². The van der Waals surface area contributed by atoms with E-state index in [9.17, 15) is 0 Å². The molecule has 9 aromatic carbocycles. The highest BCUT2D eigenvalue weighted by atomic mass is 16.3. The van der Waals surface area contributed by atoms with E-state index in [2.05, 4.69) is 200 Å². The summed E-state index contributed by atoms with van der Waals surface area (Å²) in [7, 11) is 0. The first-order valence-corrected chi connectivity index (χ1v) is 21.5. The summed E-state index contributed by atoms with van der Waals surface area (Å²) >= 11 is 0.